The molecule has 9 nitrogen and oxygen atoms in total. The Morgan fingerprint density at radius 3 is 1.97 bits per heavy atom. The Bertz CT molecular complexity index is 724. The van der Waals surface area contributed by atoms with Gasteiger partial charge in [0.05, 0.1) is 46.1 Å². The van der Waals surface area contributed by atoms with Gasteiger partial charge >= 0.3 is 5.97 Å². The van der Waals surface area contributed by atoms with Crippen LogP contribution >= 0.6 is 0 Å². The number of benzene rings is 1. The van der Waals surface area contributed by atoms with Crippen LogP contribution in [-0.4, -0.2) is 69.1 Å². The number of nitrogens with zero attached hydrogens (tertiary/aromatic N) is 1. The Morgan fingerprint density at radius 1 is 0.867 bits per heavy atom. The molecule has 9 heteroatoms. The average Bonchev–Trinajstić information content (AvgIpc) is 3.07. The molecule has 0 radical (unpaired) electrons. The lowest BCUT2D eigenvalue weighted by Gasteiger charge is -2.12. The Kier molecular flexibility index (Phi) is 10.4. The van der Waals surface area contributed by atoms with Crippen molar-refractivity contribution in [1.82, 2.24) is 5.06 Å². The minimum Gasteiger partial charge on any atom is -0.491 e. The number of carbonyl (C=O) groups is 3. The largest absolute Gasteiger partial charge is 0.491 e. The number of hydroxylamine groups is 2. The van der Waals surface area contributed by atoms with Gasteiger partial charge in [0.25, 0.3) is 11.8 Å². The zero-order valence-electron chi connectivity index (χ0n) is 16.7. The van der Waals surface area contributed by atoms with Gasteiger partial charge in [0.1, 0.15) is 12.4 Å². The molecule has 1 saturated heterocycles. The van der Waals surface area contributed by atoms with Gasteiger partial charge in [-0.1, -0.05) is 5.92 Å². The first-order valence-electron chi connectivity index (χ1n) is 9.59. The maximum atomic E-state index is 11.6. The predicted molar refractivity (Wildman–Crippen MR) is 104 cm³/mol. The van der Waals surface area contributed by atoms with Crippen LogP contribution < -0.4 is 4.74 Å². The second kappa shape index (κ2) is 13.3. The lowest BCUT2D eigenvalue weighted by Crippen LogP contribution is -2.32. The monoisotopic (exact) mass is 419 g/mol. The van der Waals surface area contributed by atoms with Crippen molar-refractivity contribution in [1.29, 1.82) is 0 Å². The van der Waals surface area contributed by atoms with Crippen molar-refractivity contribution >= 4 is 17.8 Å². The summed E-state index contributed by atoms with van der Waals surface area (Å²) in [6.07, 6.45) is 5.36. The van der Waals surface area contributed by atoms with Crippen molar-refractivity contribution in [2.45, 2.75) is 19.3 Å². The quantitative estimate of drug-likeness (QED) is 0.251. The van der Waals surface area contributed by atoms with Crippen LogP contribution in [0.15, 0.2) is 24.3 Å². The molecular formula is C21H25NO8. The Hall–Kier alpha value is -2.93. The maximum Gasteiger partial charge on any atom is 0.335 e. The number of rotatable bonds is 14. The summed E-state index contributed by atoms with van der Waals surface area (Å²) in [4.78, 5) is 38.9. The zero-order valence-corrected chi connectivity index (χ0v) is 16.7. The summed E-state index contributed by atoms with van der Waals surface area (Å²) in [5, 5.41) is 0.519. The highest BCUT2D eigenvalue weighted by molar-refractivity contribution is 6.01. The fraction of sp³-hybridized carbons (Fsp3) is 0.476. The van der Waals surface area contributed by atoms with Gasteiger partial charge in [0, 0.05) is 18.4 Å². The van der Waals surface area contributed by atoms with E-state index in [4.69, 9.17) is 30.2 Å². The molecule has 1 aromatic rings. The van der Waals surface area contributed by atoms with Gasteiger partial charge in [-0.3, -0.25) is 9.59 Å². The summed E-state index contributed by atoms with van der Waals surface area (Å²) in [6, 6.07) is 7.24. The van der Waals surface area contributed by atoms with Gasteiger partial charge in [-0.2, -0.15) is 0 Å². The Balaban J connectivity index is 1.36. The van der Waals surface area contributed by atoms with E-state index in [1.54, 1.807) is 0 Å². The molecule has 0 bridgehead atoms. The molecule has 1 aromatic carbocycles. The van der Waals surface area contributed by atoms with Gasteiger partial charge < -0.3 is 23.8 Å². The molecule has 0 spiro atoms. The first kappa shape index (κ1) is 23.3. The van der Waals surface area contributed by atoms with E-state index in [1.807, 2.05) is 24.3 Å². The van der Waals surface area contributed by atoms with Crippen LogP contribution in [-0.2, 0) is 33.4 Å². The van der Waals surface area contributed by atoms with Crippen molar-refractivity contribution in [3.05, 3.63) is 29.8 Å². The van der Waals surface area contributed by atoms with Crippen LogP contribution in [0.25, 0.3) is 0 Å². The predicted octanol–water partition coefficient (Wildman–Crippen LogP) is 1.09. The van der Waals surface area contributed by atoms with E-state index < -0.39 is 17.8 Å². The Morgan fingerprint density at radius 2 is 1.40 bits per heavy atom. The highest BCUT2D eigenvalue weighted by Gasteiger charge is 2.32. The standard InChI is InChI=1S/C21H25NO8/c1-2-17-3-5-18(6-4-17)29-16-15-28-14-13-27-12-11-26-10-9-21(25)30-22-19(23)7-8-20(22)24/h1,3-6H,7-16H2. The molecule has 0 aliphatic carbocycles. The van der Waals surface area contributed by atoms with Crippen LogP contribution in [0, 0.1) is 12.3 Å². The molecule has 1 heterocycles. The lowest BCUT2D eigenvalue weighted by molar-refractivity contribution is -0.198. The van der Waals surface area contributed by atoms with Crippen molar-refractivity contribution in [3.63, 3.8) is 0 Å². The molecule has 1 fully saturated rings. The normalized spacial score (nSPS) is 13.4. The first-order chi connectivity index (χ1) is 14.6. The molecule has 2 rings (SSSR count). The lowest BCUT2D eigenvalue weighted by atomic mass is 10.2. The van der Waals surface area contributed by atoms with Gasteiger partial charge in [0.15, 0.2) is 0 Å². The second-order valence-corrected chi connectivity index (χ2v) is 6.15. The van der Waals surface area contributed by atoms with Gasteiger partial charge in [-0.25, -0.2) is 4.79 Å². The number of terminal acetylenes is 1. The molecule has 0 unspecified atom stereocenters. The number of hydrogen-bond donors (Lipinski definition) is 0. The summed E-state index contributed by atoms with van der Waals surface area (Å²) >= 11 is 0. The number of hydrogen-bond acceptors (Lipinski definition) is 8. The summed E-state index contributed by atoms with van der Waals surface area (Å²) < 4.78 is 21.5. The SMILES string of the molecule is C#Cc1ccc(OCCOCCOCCOCCC(=O)ON2C(=O)CCC2=O)cc1. The van der Waals surface area contributed by atoms with E-state index in [1.165, 1.54) is 0 Å². The van der Waals surface area contributed by atoms with Crippen molar-refractivity contribution in [2.24, 2.45) is 0 Å². The number of carbonyl (C=O) groups excluding carboxylic acids is 3. The van der Waals surface area contributed by atoms with Gasteiger partial charge in [-0.05, 0) is 24.3 Å². The van der Waals surface area contributed by atoms with E-state index in [-0.39, 0.29) is 25.9 Å². The second-order valence-electron chi connectivity index (χ2n) is 6.15. The summed E-state index contributed by atoms with van der Waals surface area (Å²) in [5.74, 6) is 1.57. The highest BCUT2D eigenvalue weighted by Crippen LogP contribution is 2.12. The summed E-state index contributed by atoms with van der Waals surface area (Å²) in [7, 11) is 0. The molecule has 0 saturated carbocycles. The highest BCUT2D eigenvalue weighted by atomic mass is 16.7. The van der Waals surface area contributed by atoms with Gasteiger partial charge in [-0.15, -0.1) is 11.5 Å². The molecule has 1 aliphatic heterocycles. The third-order valence-corrected chi connectivity index (χ3v) is 3.91. The van der Waals surface area contributed by atoms with Crippen molar-refractivity contribution in [2.75, 3.05) is 46.2 Å². The van der Waals surface area contributed by atoms with E-state index in [9.17, 15) is 14.4 Å². The zero-order chi connectivity index (χ0) is 21.6. The number of amides is 2. The van der Waals surface area contributed by atoms with E-state index in [0.717, 1.165) is 11.3 Å². The van der Waals surface area contributed by atoms with E-state index in [0.29, 0.717) is 44.7 Å². The molecular weight excluding hydrogens is 394 g/mol. The average molecular weight is 419 g/mol. The molecule has 0 atom stereocenters. The minimum atomic E-state index is -0.692. The van der Waals surface area contributed by atoms with Crippen molar-refractivity contribution < 1.29 is 38.2 Å². The van der Waals surface area contributed by atoms with Crippen LogP contribution in [0.4, 0.5) is 0 Å². The third-order valence-electron chi connectivity index (χ3n) is 3.91. The number of imide groups is 1. The fourth-order valence-corrected chi connectivity index (χ4v) is 2.37. The van der Waals surface area contributed by atoms with Crippen LogP contribution in [0.3, 0.4) is 0 Å². The van der Waals surface area contributed by atoms with E-state index in [2.05, 4.69) is 5.92 Å². The smallest absolute Gasteiger partial charge is 0.335 e. The fourth-order valence-electron chi connectivity index (χ4n) is 2.37. The minimum absolute atomic E-state index is 0.0639. The van der Waals surface area contributed by atoms with Crippen LogP contribution in [0.5, 0.6) is 5.75 Å². The first-order valence-corrected chi connectivity index (χ1v) is 9.59. The Labute approximate surface area is 175 Å². The molecule has 162 valence electrons. The maximum absolute atomic E-state index is 11.6. The third kappa shape index (κ3) is 8.61. The molecule has 0 N–H and O–H groups in total. The van der Waals surface area contributed by atoms with Crippen molar-refractivity contribution in [3.8, 4) is 18.1 Å². The molecule has 1 aliphatic rings. The van der Waals surface area contributed by atoms with Crippen LogP contribution in [0.2, 0.25) is 0 Å². The molecule has 2 amide bonds. The van der Waals surface area contributed by atoms with E-state index >= 15 is 0 Å². The molecule has 30 heavy (non-hydrogen) atoms. The summed E-state index contributed by atoms with van der Waals surface area (Å²) in [6.45, 7) is 2.43. The van der Waals surface area contributed by atoms with Gasteiger partial charge in [0.2, 0.25) is 0 Å². The number of ether oxygens (including phenoxy) is 4. The summed E-state index contributed by atoms with van der Waals surface area (Å²) in [5.41, 5.74) is 0.801. The topological polar surface area (TPSA) is 101 Å². The van der Waals surface area contributed by atoms with Crippen LogP contribution in [0.1, 0.15) is 24.8 Å². The molecule has 0 aromatic heterocycles.